The van der Waals surface area contributed by atoms with Crippen molar-refractivity contribution in [2.45, 2.75) is 103 Å². The summed E-state index contributed by atoms with van der Waals surface area (Å²) < 4.78 is 0.0675. The van der Waals surface area contributed by atoms with Crippen molar-refractivity contribution in [3.05, 3.63) is 29.8 Å². The third kappa shape index (κ3) is 9.03. The first-order valence-electron chi connectivity index (χ1n) is 15.8. The molecule has 0 spiro atoms. The average Bonchev–Trinajstić information content (AvgIpc) is 3.40. The standard InChI is InChI=1S/C34H50N4O4S/c1-33(2,3)22-25-24-11-12-26(39)31(30(24)36-32(25)43-34(4,5)6)37-20-16-23(17-21-37)15-18-35-27(40)10-8-7-9-19-38-28(41)13-14-29(38)42/h11-14,23,36,39H,7-10,15-22H2,1-6H3,(H,35,40). The van der Waals surface area contributed by atoms with Crippen molar-refractivity contribution in [2.24, 2.45) is 11.3 Å². The number of rotatable bonds is 12. The number of H-pyrrole nitrogens is 1. The number of thioether (sulfide) groups is 1. The van der Waals surface area contributed by atoms with Gasteiger partial charge < -0.3 is 20.3 Å². The second kappa shape index (κ2) is 13.8. The van der Waals surface area contributed by atoms with E-state index < -0.39 is 0 Å². The van der Waals surface area contributed by atoms with Crippen molar-refractivity contribution >= 4 is 46.1 Å². The lowest BCUT2D eigenvalue weighted by molar-refractivity contribution is -0.137. The molecule has 2 aliphatic rings. The highest BCUT2D eigenvalue weighted by Gasteiger charge is 2.28. The normalized spacial score (nSPS) is 16.6. The van der Waals surface area contributed by atoms with E-state index in [1.807, 2.05) is 17.8 Å². The third-order valence-electron chi connectivity index (χ3n) is 8.10. The van der Waals surface area contributed by atoms with Gasteiger partial charge in [0.15, 0.2) is 0 Å². The molecule has 2 aromatic rings. The minimum absolute atomic E-state index is 0.0609. The summed E-state index contributed by atoms with van der Waals surface area (Å²) in [6, 6.07) is 3.92. The molecule has 3 amide bonds. The quantitative estimate of drug-likeness (QED) is 0.143. The molecule has 1 fully saturated rings. The fourth-order valence-electron chi connectivity index (χ4n) is 6.02. The summed E-state index contributed by atoms with van der Waals surface area (Å²) in [7, 11) is 0. The van der Waals surface area contributed by atoms with E-state index in [9.17, 15) is 19.5 Å². The predicted octanol–water partition coefficient (Wildman–Crippen LogP) is 6.56. The highest BCUT2D eigenvalue weighted by Crippen LogP contribution is 2.45. The van der Waals surface area contributed by atoms with E-state index in [0.717, 1.165) is 62.8 Å². The number of nitrogens with zero attached hydrogens (tertiary/aromatic N) is 2. The number of hydrogen-bond donors (Lipinski definition) is 3. The molecule has 0 unspecified atom stereocenters. The second-order valence-electron chi connectivity index (χ2n) is 14.3. The number of phenolic OH excluding ortho intramolecular Hbond substituents is 1. The molecular formula is C34H50N4O4S. The molecule has 3 heterocycles. The molecule has 0 aliphatic carbocycles. The smallest absolute Gasteiger partial charge is 0.253 e. The Hall–Kier alpha value is -2.94. The maximum atomic E-state index is 12.3. The third-order valence-corrected chi connectivity index (χ3v) is 9.27. The minimum Gasteiger partial charge on any atom is -0.506 e. The Morgan fingerprint density at radius 1 is 1.02 bits per heavy atom. The van der Waals surface area contributed by atoms with E-state index >= 15 is 0 Å². The van der Waals surface area contributed by atoms with Gasteiger partial charge in [0.25, 0.3) is 11.8 Å². The molecule has 3 N–H and O–H groups in total. The number of aromatic amines is 1. The first-order chi connectivity index (χ1) is 20.2. The Morgan fingerprint density at radius 3 is 2.33 bits per heavy atom. The highest BCUT2D eigenvalue weighted by atomic mass is 32.2. The summed E-state index contributed by atoms with van der Waals surface area (Å²) in [5, 5.41) is 16.5. The van der Waals surface area contributed by atoms with Crippen LogP contribution in [0.1, 0.15) is 92.1 Å². The molecule has 1 aromatic carbocycles. The van der Waals surface area contributed by atoms with Gasteiger partial charge >= 0.3 is 0 Å². The number of phenols is 1. The van der Waals surface area contributed by atoms with Crippen LogP contribution in [-0.2, 0) is 20.8 Å². The van der Waals surface area contributed by atoms with Gasteiger partial charge in [0, 0.05) is 54.9 Å². The van der Waals surface area contributed by atoms with E-state index in [0.29, 0.717) is 37.6 Å². The van der Waals surface area contributed by atoms with Crippen LogP contribution in [0.3, 0.4) is 0 Å². The molecule has 0 atom stereocenters. The molecule has 9 heteroatoms. The maximum Gasteiger partial charge on any atom is 0.253 e. The minimum atomic E-state index is -0.249. The number of unbranched alkanes of at least 4 members (excludes halogenated alkanes) is 2. The molecule has 236 valence electrons. The maximum absolute atomic E-state index is 12.3. The van der Waals surface area contributed by atoms with Gasteiger partial charge in [-0.2, -0.15) is 0 Å². The highest BCUT2D eigenvalue weighted by molar-refractivity contribution is 8.00. The van der Waals surface area contributed by atoms with Crippen LogP contribution in [0, 0.1) is 11.3 Å². The van der Waals surface area contributed by atoms with E-state index in [4.69, 9.17) is 0 Å². The SMILES string of the molecule is CC(C)(C)Cc1c(SC(C)(C)C)[nH]c2c(N3CCC(CCNC(=O)CCCCCN4C(=O)C=CC4=O)CC3)c(O)ccc12. The zero-order chi connectivity index (χ0) is 31.4. The number of amides is 3. The summed E-state index contributed by atoms with van der Waals surface area (Å²) in [6.07, 6.45) is 9.29. The van der Waals surface area contributed by atoms with Crippen LogP contribution < -0.4 is 10.2 Å². The number of nitrogens with one attached hydrogen (secondary N) is 2. The van der Waals surface area contributed by atoms with Crippen LogP contribution >= 0.6 is 11.8 Å². The van der Waals surface area contributed by atoms with Crippen molar-refractivity contribution < 1.29 is 19.5 Å². The van der Waals surface area contributed by atoms with Crippen molar-refractivity contribution in [1.82, 2.24) is 15.2 Å². The molecule has 8 nitrogen and oxygen atoms in total. The van der Waals surface area contributed by atoms with Gasteiger partial charge in [0.05, 0.1) is 10.5 Å². The van der Waals surface area contributed by atoms with Gasteiger partial charge in [-0.25, -0.2) is 0 Å². The fraction of sp³-hybridized carbons (Fsp3) is 0.618. The van der Waals surface area contributed by atoms with E-state index in [2.05, 4.69) is 62.8 Å². The van der Waals surface area contributed by atoms with Gasteiger partial charge in [-0.3, -0.25) is 19.3 Å². The predicted molar refractivity (Wildman–Crippen MR) is 176 cm³/mol. The van der Waals surface area contributed by atoms with Crippen LogP contribution in [0.25, 0.3) is 10.9 Å². The molecule has 0 bridgehead atoms. The van der Waals surface area contributed by atoms with Crippen molar-refractivity contribution in [3.8, 4) is 5.75 Å². The molecule has 2 aliphatic heterocycles. The molecule has 4 rings (SSSR count). The Bertz CT molecular complexity index is 1320. The number of benzene rings is 1. The van der Waals surface area contributed by atoms with E-state index in [1.54, 1.807) is 0 Å². The van der Waals surface area contributed by atoms with Gasteiger partial charge in [-0.1, -0.05) is 48.0 Å². The number of hydrogen-bond acceptors (Lipinski definition) is 6. The Balaban J connectivity index is 1.26. The summed E-state index contributed by atoms with van der Waals surface area (Å²) in [5.41, 5.74) is 3.42. The fourth-order valence-corrected chi connectivity index (χ4v) is 7.09. The zero-order valence-corrected chi connectivity index (χ0v) is 27.7. The first kappa shape index (κ1) is 33.0. The van der Waals surface area contributed by atoms with Gasteiger partial charge in [-0.15, -0.1) is 11.8 Å². The van der Waals surface area contributed by atoms with Gasteiger partial charge in [0.2, 0.25) is 5.91 Å². The number of carbonyl (C=O) groups excluding carboxylic acids is 3. The lowest BCUT2D eigenvalue weighted by atomic mass is 9.88. The zero-order valence-electron chi connectivity index (χ0n) is 26.8. The average molecular weight is 611 g/mol. The van der Waals surface area contributed by atoms with Crippen molar-refractivity contribution in [3.63, 3.8) is 0 Å². The number of carbonyl (C=O) groups is 3. The van der Waals surface area contributed by atoms with Crippen molar-refractivity contribution in [2.75, 3.05) is 31.1 Å². The van der Waals surface area contributed by atoms with Gasteiger partial charge in [0.1, 0.15) is 11.4 Å². The topological polar surface area (TPSA) is 106 Å². The van der Waals surface area contributed by atoms with Crippen LogP contribution in [0.15, 0.2) is 29.3 Å². The summed E-state index contributed by atoms with van der Waals surface area (Å²) in [4.78, 5) is 42.8. The monoisotopic (exact) mass is 610 g/mol. The molecule has 0 radical (unpaired) electrons. The van der Waals surface area contributed by atoms with Crippen LogP contribution in [0.5, 0.6) is 5.75 Å². The van der Waals surface area contributed by atoms with Crippen LogP contribution in [-0.4, -0.2) is 63.6 Å². The number of piperidine rings is 1. The summed E-state index contributed by atoms with van der Waals surface area (Å²) in [6.45, 7) is 16.4. The molecular weight excluding hydrogens is 560 g/mol. The Morgan fingerprint density at radius 2 is 1.70 bits per heavy atom. The summed E-state index contributed by atoms with van der Waals surface area (Å²) in [5.74, 6) is 0.423. The largest absolute Gasteiger partial charge is 0.506 e. The Kier molecular flexibility index (Phi) is 10.6. The molecule has 1 aromatic heterocycles. The molecule has 0 saturated carbocycles. The number of imide groups is 1. The lowest BCUT2D eigenvalue weighted by Gasteiger charge is -2.34. The Labute approximate surface area is 261 Å². The summed E-state index contributed by atoms with van der Waals surface area (Å²) >= 11 is 1.86. The van der Waals surface area contributed by atoms with Crippen LogP contribution in [0.4, 0.5) is 5.69 Å². The molecule has 43 heavy (non-hydrogen) atoms. The van der Waals surface area contributed by atoms with E-state index in [1.165, 1.54) is 33.0 Å². The van der Waals surface area contributed by atoms with Crippen molar-refractivity contribution in [1.29, 1.82) is 0 Å². The second-order valence-corrected chi connectivity index (χ2v) is 16.1. The van der Waals surface area contributed by atoms with Crippen LogP contribution in [0.2, 0.25) is 0 Å². The number of fused-ring (bicyclic) bond motifs is 1. The number of anilines is 1. The first-order valence-corrected chi connectivity index (χ1v) is 16.6. The number of aromatic hydroxyl groups is 1. The number of aromatic nitrogens is 1. The van der Waals surface area contributed by atoms with E-state index in [-0.39, 0.29) is 27.9 Å². The lowest BCUT2D eigenvalue weighted by Crippen LogP contribution is -2.35. The van der Waals surface area contributed by atoms with Gasteiger partial charge in [-0.05, 0) is 67.6 Å². The molecule has 1 saturated heterocycles.